The fourth-order valence-electron chi connectivity index (χ4n) is 4.16. The molecule has 0 unspecified atom stereocenters. The Hall–Kier alpha value is -4.20. The van der Waals surface area contributed by atoms with Crippen LogP contribution in [0.2, 0.25) is 0 Å². The zero-order chi connectivity index (χ0) is 25.5. The molecule has 36 heavy (non-hydrogen) atoms. The first-order valence-corrected chi connectivity index (χ1v) is 11.8. The van der Waals surface area contributed by atoms with E-state index in [2.05, 4.69) is 9.88 Å². The highest BCUT2D eigenvalue weighted by Crippen LogP contribution is 2.31. The van der Waals surface area contributed by atoms with E-state index < -0.39 is 5.91 Å². The molecule has 0 bridgehead atoms. The summed E-state index contributed by atoms with van der Waals surface area (Å²) in [4.78, 5) is 30.5. The maximum absolute atomic E-state index is 13.4. The molecule has 1 aromatic heterocycles. The first kappa shape index (κ1) is 24.9. The Balaban J connectivity index is 1.41. The smallest absolute Gasteiger partial charge is 0.254 e. The summed E-state index contributed by atoms with van der Waals surface area (Å²) in [5.41, 5.74) is 6.59. The molecule has 7 nitrogen and oxygen atoms in total. The molecule has 3 aromatic rings. The van der Waals surface area contributed by atoms with Crippen LogP contribution in [0, 0.1) is 11.7 Å². The lowest BCUT2D eigenvalue weighted by atomic mass is 9.91. The lowest BCUT2D eigenvalue weighted by molar-refractivity contribution is -0.115. The van der Waals surface area contributed by atoms with Crippen LogP contribution in [0.25, 0.3) is 0 Å². The van der Waals surface area contributed by atoms with Gasteiger partial charge in [0.15, 0.2) is 5.78 Å². The fourth-order valence-corrected chi connectivity index (χ4v) is 4.16. The number of carbonyl (C=O) groups excluding carboxylic acids is 2. The van der Waals surface area contributed by atoms with Gasteiger partial charge in [-0.05, 0) is 74.2 Å². The van der Waals surface area contributed by atoms with Crippen molar-refractivity contribution in [2.75, 3.05) is 18.0 Å². The Morgan fingerprint density at radius 3 is 2.39 bits per heavy atom. The predicted molar refractivity (Wildman–Crippen MR) is 135 cm³/mol. The molecular formula is C28H28FN3O4. The minimum absolute atomic E-state index is 0.108. The monoisotopic (exact) mass is 489 g/mol. The van der Waals surface area contributed by atoms with E-state index in [1.54, 1.807) is 60.8 Å². The van der Waals surface area contributed by atoms with Gasteiger partial charge in [0.2, 0.25) is 5.88 Å². The van der Waals surface area contributed by atoms with Crippen LogP contribution in [0.15, 0.2) is 72.9 Å². The van der Waals surface area contributed by atoms with Crippen LogP contribution < -0.4 is 20.1 Å². The van der Waals surface area contributed by atoms with E-state index in [4.69, 9.17) is 15.2 Å². The number of ether oxygens (including phenoxy) is 2. The van der Waals surface area contributed by atoms with E-state index in [1.807, 2.05) is 6.92 Å². The number of hydrogen-bond donors (Lipinski definition) is 1. The summed E-state index contributed by atoms with van der Waals surface area (Å²) in [7, 11) is 0. The van der Waals surface area contributed by atoms with Crippen LogP contribution in [0.4, 0.5) is 10.1 Å². The first-order valence-electron chi connectivity index (χ1n) is 11.8. The average molecular weight is 490 g/mol. The number of primary amides is 1. The van der Waals surface area contributed by atoms with Gasteiger partial charge in [-0.1, -0.05) is 12.1 Å². The van der Waals surface area contributed by atoms with Crippen LogP contribution in [-0.2, 0) is 4.79 Å². The normalized spacial score (nSPS) is 14.1. The minimum Gasteiger partial charge on any atom is -0.457 e. The summed E-state index contributed by atoms with van der Waals surface area (Å²) < 4.78 is 24.8. The highest BCUT2D eigenvalue weighted by Gasteiger charge is 2.23. The number of hydrogen-bond acceptors (Lipinski definition) is 6. The molecular weight excluding hydrogens is 461 g/mol. The molecule has 8 heteroatoms. The molecule has 1 amide bonds. The molecule has 0 saturated carbocycles. The quantitative estimate of drug-likeness (QED) is 0.390. The molecule has 2 heterocycles. The topological polar surface area (TPSA) is 94.8 Å². The van der Waals surface area contributed by atoms with Gasteiger partial charge >= 0.3 is 0 Å². The van der Waals surface area contributed by atoms with Gasteiger partial charge in [-0.25, -0.2) is 9.37 Å². The molecule has 1 fully saturated rings. The minimum atomic E-state index is -0.641. The summed E-state index contributed by atoms with van der Waals surface area (Å²) >= 11 is 0. The van der Waals surface area contributed by atoms with Gasteiger partial charge in [-0.15, -0.1) is 0 Å². The highest BCUT2D eigenvalue weighted by molar-refractivity contribution is 5.96. The Morgan fingerprint density at radius 1 is 1.06 bits per heavy atom. The van der Waals surface area contributed by atoms with Crippen LogP contribution in [0.1, 0.15) is 36.5 Å². The van der Waals surface area contributed by atoms with E-state index in [0.29, 0.717) is 29.6 Å². The number of amides is 1. The SMILES string of the molecule is C/C=C/C(=O)CC1CCN(c2cnc(Oc3ccc(Oc4cccc(F)c4)cc3)c(C(N)=O)c2)CC1. The molecule has 0 radical (unpaired) electrons. The summed E-state index contributed by atoms with van der Waals surface area (Å²) in [6, 6.07) is 14.2. The number of anilines is 1. The molecule has 1 aliphatic rings. The van der Waals surface area contributed by atoms with Gasteiger partial charge < -0.3 is 20.1 Å². The molecule has 0 atom stereocenters. The van der Waals surface area contributed by atoms with E-state index in [0.717, 1.165) is 31.6 Å². The molecule has 186 valence electrons. The molecule has 4 rings (SSSR count). The molecule has 0 spiro atoms. The zero-order valence-corrected chi connectivity index (χ0v) is 20.0. The number of aromatic nitrogens is 1. The second kappa shape index (κ2) is 11.5. The number of pyridine rings is 1. The third-order valence-electron chi connectivity index (χ3n) is 5.99. The summed E-state index contributed by atoms with van der Waals surface area (Å²) in [6.07, 6.45) is 7.39. The van der Waals surface area contributed by atoms with Gasteiger partial charge in [-0.3, -0.25) is 9.59 Å². The third-order valence-corrected chi connectivity index (χ3v) is 5.99. The van der Waals surface area contributed by atoms with Crippen molar-refractivity contribution in [3.05, 3.63) is 84.3 Å². The standard InChI is InChI=1S/C28H28FN3O4/c1-2-4-22(33)15-19-11-13-32(14-12-19)21-17-26(27(30)34)28(31-18-21)36-24-9-7-23(8-10-24)35-25-6-3-5-20(29)16-25/h2-10,16-19H,11-15H2,1H3,(H2,30,34)/b4-2+. The van der Waals surface area contributed by atoms with Crippen LogP contribution in [0.5, 0.6) is 23.1 Å². The highest BCUT2D eigenvalue weighted by atomic mass is 19.1. The fraction of sp³-hybridized carbons (Fsp3) is 0.250. The van der Waals surface area contributed by atoms with Gasteiger partial charge in [0.1, 0.15) is 28.6 Å². The maximum Gasteiger partial charge on any atom is 0.254 e. The molecule has 1 aliphatic heterocycles. The maximum atomic E-state index is 13.4. The summed E-state index contributed by atoms with van der Waals surface area (Å²) in [6.45, 7) is 3.37. The van der Waals surface area contributed by atoms with Crippen molar-refractivity contribution in [3.63, 3.8) is 0 Å². The van der Waals surface area contributed by atoms with Gasteiger partial charge in [0.25, 0.3) is 5.91 Å². The van der Waals surface area contributed by atoms with Crippen molar-refractivity contribution >= 4 is 17.4 Å². The second-order valence-electron chi connectivity index (χ2n) is 8.64. The number of carbonyl (C=O) groups is 2. The van der Waals surface area contributed by atoms with E-state index in [-0.39, 0.29) is 23.0 Å². The summed E-state index contributed by atoms with van der Waals surface area (Å²) in [5.74, 6) is 0.912. The Bertz CT molecular complexity index is 1250. The number of rotatable bonds is 9. The Labute approximate surface area is 209 Å². The van der Waals surface area contributed by atoms with Crippen molar-refractivity contribution in [1.82, 2.24) is 4.98 Å². The first-order chi connectivity index (χ1) is 17.4. The van der Waals surface area contributed by atoms with Crippen molar-refractivity contribution in [2.45, 2.75) is 26.2 Å². The van der Waals surface area contributed by atoms with Crippen LogP contribution in [-0.4, -0.2) is 29.8 Å². The van der Waals surface area contributed by atoms with E-state index in [1.165, 1.54) is 12.1 Å². The van der Waals surface area contributed by atoms with Gasteiger partial charge in [0, 0.05) is 25.6 Å². The number of halogens is 1. The van der Waals surface area contributed by atoms with Crippen LogP contribution in [0.3, 0.4) is 0 Å². The van der Waals surface area contributed by atoms with Gasteiger partial charge in [-0.2, -0.15) is 0 Å². The Kier molecular flexibility index (Phi) is 7.95. The van der Waals surface area contributed by atoms with Crippen molar-refractivity contribution in [1.29, 1.82) is 0 Å². The molecule has 1 saturated heterocycles. The number of allylic oxidation sites excluding steroid dienone is 2. The van der Waals surface area contributed by atoms with Crippen LogP contribution >= 0.6 is 0 Å². The zero-order valence-electron chi connectivity index (χ0n) is 20.0. The lowest BCUT2D eigenvalue weighted by Crippen LogP contribution is -2.34. The average Bonchev–Trinajstić information content (AvgIpc) is 2.86. The molecule has 2 aromatic carbocycles. The number of ketones is 1. The number of nitrogens with zero attached hydrogens (tertiary/aromatic N) is 2. The largest absolute Gasteiger partial charge is 0.457 e. The number of piperidine rings is 1. The van der Waals surface area contributed by atoms with Crippen molar-refractivity contribution in [3.8, 4) is 23.1 Å². The van der Waals surface area contributed by atoms with E-state index >= 15 is 0 Å². The lowest BCUT2D eigenvalue weighted by Gasteiger charge is -2.33. The van der Waals surface area contributed by atoms with Crippen molar-refractivity contribution in [2.24, 2.45) is 11.7 Å². The number of nitrogens with two attached hydrogens (primary N) is 1. The number of benzene rings is 2. The second-order valence-corrected chi connectivity index (χ2v) is 8.64. The van der Waals surface area contributed by atoms with Crippen molar-refractivity contribution < 1.29 is 23.5 Å². The predicted octanol–water partition coefficient (Wildman–Crippen LogP) is 5.66. The Morgan fingerprint density at radius 2 is 1.75 bits per heavy atom. The van der Waals surface area contributed by atoms with E-state index in [9.17, 15) is 14.0 Å². The molecule has 0 aliphatic carbocycles. The summed E-state index contributed by atoms with van der Waals surface area (Å²) in [5, 5.41) is 0. The molecule has 2 N–H and O–H groups in total. The van der Waals surface area contributed by atoms with Gasteiger partial charge in [0.05, 0.1) is 11.9 Å². The third kappa shape index (κ3) is 6.47.